The number of nitrogens with one attached hydrogen (secondary N) is 2. The number of nitriles is 1. The summed E-state index contributed by atoms with van der Waals surface area (Å²) in [5.41, 5.74) is 3.71. The van der Waals surface area contributed by atoms with E-state index in [1.807, 2.05) is 6.07 Å². The minimum Gasteiger partial charge on any atom is -0.497 e. The Balaban J connectivity index is 1.90. The molecule has 120 valence electrons. The van der Waals surface area contributed by atoms with Crippen molar-refractivity contribution in [3.63, 3.8) is 0 Å². The number of hydrogen-bond acceptors (Lipinski definition) is 5. The Kier molecular flexibility index (Phi) is 5.64. The number of hydrogen-bond donors (Lipinski definition) is 2. The van der Waals surface area contributed by atoms with Gasteiger partial charge in [0, 0.05) is 5.69 Å². The van der Waals surface area contributed by atoms with Crippen LogP contribution in [0.3, 0.4) is 0 Å². The average molecular weight is 322 g/mol. The van der Waals surface area contributed by atoms with Crippen LogP contribution in [0.15, 0.2) is 53.6 Å². The van der Waals surface area contributed by atoms with Crippen LogP contribution in [0.2, 0.25) is 0 Å². The molecule has 0 aliphatic rings. The Morgan fingerprint density at radius 2 is 1.92 bits per heavy atom. The number of methoxy groups -OCH3 is 1. The van der Waals surface area contributed by atoms with E-state index in [0.29, 0.717) is 22.6 Å². The summed E-state index contributed by atoms with van der Waals surface area (Å²) in [4.78, 5) is 23.4. The Morgan fingerprint density at radius 1 is 1.17 bits per heavy atom. The maximum Gasteiger partial charge on any atom is 0.329 e. The number of benzene rings is 2. The van der Waals surface area contributed by atoms with Gasteiger partial charge in [0.15, 0.2) is 0 Å². The zero-order valence-corrected chi connectivity index (χ0v) is 12.8. The summed E-state index contributed by atoms with van der Waals surface area (Å²) in [7, 11) is 1.55. The fraction of sp³-hybridized carbons (Fsp3) is 0.0588. The maximum atomic E-state index is 11.7. The summed E-state index contributed by atoms with van der Waals surface area (Å²) in [6.07, 6.45) is 1.40. The van der Waals surface area contributed by atoms with Gasteiger partial charge in [-0.3, -0.25) is 9.59 Å². The molecule has 0 bridgehead atoms. The summed E-state index contributed by atoms with van der Waals surface area (Å²) >= 11 is 0. The first-order chi connectivity index (χ1) is 11.6. The van der Waals surface area contributed by atoms with Gasteiger partial charge >= 0.3 is 11.8 Å². The number of anilines is 1. The molecule has 0 saturated heterocycles. The van der Waals surface area contributed by atoms with E-state index in [1.54, 1.807) is 31.4 Å². The lowest BCUT2D eigenvalue weighted by Gasteiger charge is -2.03. The highest BCUT2D eigenvalue weighted by molar-refractivity contribution is 6.39. The van der Waals surface area contributed by atoms with Crippen LogP contribution in [0.1, 0.15) is 11.1 Å². The summed E-state index contributed by atoms with van der Waals surface area (Å²) < 4.78 is 5.07. The lowest BCUT2D eigenvalue weighted by atomic mass is 10.2. The molecule has 24 heavy (non-hydrogen) atoms. The number of nitrogens with zero attached hydrogens (tertiary/aromatic N) is 2. The van der Waals surface area contributed by atoms with Crippen molar-refractivity contribution in [2.45, 2.75) is 0 Å². The Hall–Kier alpha value is -3.66. The molecule has 0 aliphatic carbocycles. The SMILES string of the molecule is COc1cccc(/C=N/NC(=O)C(=O)Nc2ccc(C#N)cc2)c1. The van der Waals surface area contributed by atoms with Crippen molar-refractivity contribution < 1.29 is 14.3 Å². The zero-order chi connectivity index (χ0) is 17.4. The average Bonchev–Trinajstić information content (AvgIpc) is 2.62. The lowest BCUT2D eigenvalue weighted by molar-refractivity contribution is -0.136. The van der Waals surface area contributed by atoms with Gasteiger partial charge in [-0.15, -0.1) is 0 Å². The molecule has 2 N–H and O–H groups in total. The second-order valence-electron chi connectivity index (χ2n) is 4.62. The van der Waals surface area contributed by atoms with Crippen LogP contribution in [0, 0.1) is 11.3 Å². The summed E-state index contributed by atoms with van der Waals surface area (Å²) in [6.45, 7) is 0. The predicted molar refractivity (Wildman–Crippen MR) is 88.5 cm³/mol. The van der Waals surface area contributed by atoms with E-state index in [0.717, 1.165) is 0 Å². The van der Waals surface area contributed by atoms with Crippen LogP contribution in [0.5, 0.6) is 5.75 Å². The molecular weight excluding hydrogens is 308 g/mol. The van der Waals surface area contributed by atoms with Crippen LogP contribution in [0.25, 0.3) is 0 Å². The monoisotopic (exact) mass is 322 g/mol. The van der Waals surface area contributed by atoms with Crippen LogP contribution < -0.4 is 15.5 Å². The first-order valence-corrected chi connectivity index (χ1v) is 6.91. The fourth-order valence-corrected chi connectivity index (χ4v) is 1.75. The number of carbonyl (C=O) groups excluding carboxylic acids is 2. The van der Waals surface area contributed by atoms with Crippen molar-refractivity contribution in [2.24, 2.45) is 5.10 Å². The van der Waals surface area contributed by atoms with Crippen molar-refractivity contribution in [1.29, 1.82) is 5.26 Å². The predicted octanol–water partition coefficient (Wildman–Crippen LogP) is 1.66. The molecule has 2 amide bonds. The molecule has 0 atom stereocenters. The molecule has 2 aromatic rings. The van der Waals surface area contributed by atoms with Crippen LogP contribution in [-0.4, -0.2) is 25.1 Å². The number of rotatable bonds is 4. The third-order valence-corrected chi connectivity index (χ3v) is 2.95. The van der Waals surface area contributed by atoms with E-state index in [4.69, 9.17) is 10.00 Å². The smallest absolute Gasteiger partial charge is 0.329 e. The number of amides is 2. The first kappa shape index (κ1) is 16.7. The molecule has 2 aromatic carbocycles. The molecule has 0 heterocycles. The van der Waals surface area contributed by atoms with Crippen molar-refractivity contribution in [3.05, 3.63) is 59.7 Å². The first-order valence-electron chi connectivity index (χ1n) is 6.91. The van der Waals surface area contributed by atoms with Crippen molar-refractivity contribution >= 4 is 23.7 Å². The molecule has 7 nitrogen and oxygen atoms in total. The van der Waals surface area contributed by atoms with Crippen molar-refractivity contribution in [1.82, 2.24) is 5.43 Å². The van der Waals surface area contributed by atoms with Crippen LogP contribution >= 0.6 is 0 Å². The maximum absolute atomic E-state index is 11.7. The highest BCUT2D eigenvalue weighted by atomic mass is 16.5. The van der Waals surface area contributed by atoms with Gasteiger partial charge in [0.05, 0.1) is 25.0 Å². The highest BCUT2D eigenvalue weighted by Gasteiger charge is 2.12. The standard InChI is InChI=1S/C17H14N4O3/c1-24-15-4-2-3-13(9-15)11-19-21-17(23)16(22)20-14-7-5-12(10-18)6-8-14/h2-9,11H,1H3,(H,20,22)(H,21,23)/b19-11+. The van der Waals surface area contributed by atoms with Gasteiger partial charge in [-0.05, 0) is 42.0 Å². The van der Waals surface area contributed by atoms with E-state index in [-0.39, 0.29) is 0 Å². The van der Waals surface area contributed by atoms with Gasteiger partial charge in [0.1, 0.15) is 5.75 Å². The van der Waals surface area contributed by atoms with Crippen molar-refractivity contribution in [3.8, 4) is 11.8 Å². The third kappa shape index (κ3) is 4.68. The molecule has 0 spiro atoms. The summed E-state index contributed by atoms with van der Waals surface area (Å²) in [5, 5.41) is 14.8. The molecule has 7 heteroatoms. The van der Waals surface area contributed by atoms with Gasteiger partial charge in [0.25, 0.3) is 0 Å². The summed E-state index contributed by atoms with van der Waals surface area (Å²) in [6, 6.07) is 15.2. The highest BCUT2D eigenvalue weighted by Crippen LogP contribution is 2.10. The minimum atomic E-state index is -0.904. The van der Waals surface area contributed by atoms with E-state index in [2.05, 4.69) is 15.8 Å². The largest absolute Gasteiger partial charge is 0.497 e. The molecule has 0 aliphatic heterocycles. The normalized spacial score (nSPS) is 10.0. The number of ether oxygens (including phenoxy) is 1. The molecule has 0 saturated carbocycles. The Bertz CT molecular complexity index is 807. The Morgan fingerprint density at radius 3 is 2.58 bits per heavy atom. The fourth-order valence-electron chi connectivity index (χ4n) is 1.75. The van der Waals surface area contributed by atoms with E-state index in [9.17, 15) is 9.59 Å². The molecule has 0 unspecified atom stereocenters. The zero-order valence-electron chi connectivity index (χ0n) is 12.8. The van der Waals surface area contributed by atoms with Gasteiger partial charge < -0.3 is 10.1 Å². The number of carbonyl (C=O) groups is 2. The molecule has 0 radical (unpaired) electrons. The number of hydrazone groups is 1. The van der Waals surface area contributed by atoms with E-state index in [1.165, 1.54) is 30.5 Å². The quantitative estimate of drug-likeness (QED) is 0.507. The van der Waals surface area contributed by atoms with Gasteiger partial charge in [-0.2, -0.15) is 10.4 Å². The molecular formula is C17H14N4O3. The van der Waals surface area contributed by atoms with Gasteiger partial charge in [-0.1, -0.05) is 12.1 Å². The second-order valence-corrected chi connectivity index (χ2v) is 4.62. The molecule has 2 rings (SSSR count). The third-order valence-electron chi connectivity index (χ3n) is 2.95. The topological polar surface area (TPSA) is 104 Å². The second kappa shape index (κ2) is 8.10. The molecule has 0 aromatic heterocycles. The van der Waals surface area contributed by atoms with E-state index < -0.39 is 11.8 Å². The van der Waals surface area contributed by atoms with Crippen LogP contribution in [0.4, 0.5) is 5.69 Å². The van der Waals surface area contributed by atoms with E-state index >= 15 is 0 Å². The summed E-state index contributed by atoms with van der Waals surface area (Å²) in [5.74, 6) is -1.11. The van der Waals surface area contributed by atoms with Gasteiger partial charge in [0.2, 0.25) is 0 Å². The van der Waals surface area contributed by atoms with Crippen molar-refractivity contribution in [2.75, 3.05) is 12.4 Å². The van der Waals surface area contributed by atoms with Gasteiger partial charge in [-0.25, -0.2) is 5.43 Å². The minimum absolute atomic E-state index is 0.408. The lowest BCUT2D eigenvalue weighted by Crippen LogP contribution is -2.32. The van der Waals surface area contributed by atoms with Crippen LogP contribution in [-0.2, 0) is 9.59 Å². The molecule has 0 fully saturated rings. The Labute approximate surface area is 138 Å².